The number of carbonyl (C=O) groups excluding carboxylic acids is 2. The number of carboxylic acids is 1. The molecule has 20 heteroatoms. The van der Waals surface area contributed by atoms with Gasteiger partial charge < -0.3 is 25.2 Å². The molecule has 2 aromatic rings. The van der Waals surface area contributed by atoms with Crippen molar-refractivity contribution in [3.63, 3.8) is 0 Å². The van der Waals surface area contributed by atoms with Gasteiger partial charge in [-0.1, -0.05) is 45.8 Å². The maximum Gasteiger partial charge on any atom is 0.336 e. The normalized spacial score (nSPS) is 16.8. The van der Waals surface area contributed by atoms with Gasteiger partial charge in [-0.3, -0.25) is 18.7 Å². The summed E-state index contributed by atoms with van der Waals surface area (Å²) in [4.78, 5) is 41.5. The monoisotopic (exact) mass is 866 g/mol. The summed E-state index contributed by atoms with van der Waals surface area (Å²) in [6, 6.07) is 7.69. The molecule has 2 amide bonds. The van der Waals surface area contributed by atoms with Crippen LogP contribution >= 0.6 is 0 Å². The maximum atomic E-state index is 13.8. The zero-order valence-electron chi connectivity index (χ0n) is 32.9. The van der Waals surface area contributed by atoms with Crippen LogP contribution in [0.25, 0.3) is 0 Å². The fourth-order valence-electron chi connectivity index (χ4n) is 7.61. The minimum atomic E-state index is -4.52. The van der Waals surface area contributed by atoms with Crippen molar-refractivity contribution in [2.24, 2.45) is 0 Å². The van der Waals surface area contributed by atoms with Crippen molar-refractivity contribution in [1.29, 1.82) is 0 Å². The van der Waals surface area contributed by atoms with Crippen molar-refractivity contribution >= 4 is 65.2 Å². The van der Waals surface area contributed by atoms with E-state index in [0.29, 0.717) is 46.9 Å². The number of hydrogen-bond acceptors (Lipinski definition) is 11. The summed E-state index contributed by atoms with van der Waals surface area (Å²) in [5.74, 6) is -4.77. The molecule has 17 nitrogen and oxygen atoms in total. The highest BCUT2D eigenvalue weighted by atomic mass is 32.2. The fraction of sp³-hybridized carbons (Fsp3) is 0.474. The Hall–Kier alpha value is -4.47. The Bertz CT molecular complexity index is 2400. The topological polar surface area (TPSA) is 268 Å². The number of rotatable bonds is 19. The first kappa shape index (κ1) is 46.2. The molecule has 0 radical (unpaired) electrons. The van der Waals surface area contributed by atoms with Gasteiger partial charge in [0.1, 0.15) is 6.54 Å². The van der Waals surface area contributed by atoms with E-state index in [1.807, 2.05) is 45.6 Å². The van der Waals surface area contributed by atoms with Crippen LogP contribution < -0.4 is 15.5 Å². The van der Waals surface area contributed by atoms with Gasteiger partial charge in [0, 0.05) is 77.4 Å². The molecule has 0 fully saturated rings. The van der Waals surface area contributed by atoms with E-state index in [1.165, 1.54) is 12.1 Å². The van der Waals surface area contributed by atoms with Gasteiger partial charge in [0.15, 0.2) is 5.71 Å². The maximum absolute atomic E-state index is 13.8. The molecule has 2 aliphatic heterocycles. The number of benzene rings is 2. The molecule has 0 atom stereocenters. The van der Waals surface area contributed by atoms with Gasteiger partial charge in [0.2, 0.25) is 5.69 Å². The third-order valence-electron chi connectivity index (χ3n) is 10.2. The lowest BCUT2D eigenvalue weighted by Gasteiger charge is -2.27. The molecule has 4 rings (SSSR count). The van der Waals surface area contributed by atoms with Crippen molar-refractivity contribution in [3.8, 4) is 0 Å². The summed E-state index contributed by atoms with van der Waals surface area (Å²) in [6.45, 7) is 9.11. The van der Waals surface area contributed by atoms with Crippen molar-refractivity contribution in [1.82, 2.24) is 10.6 Å². The third-order valence-corrected chi connectivity index (χ3v) is 12.4. The fourth-order valence-corrected chi connectivity index (χ4v) is 8.81. The third kappa shape index (κ3) is 11.0. The van der Waals surface area contributed by atoms with Gasteiger partial charge in [-0.05, 0) is 44.5 Å². The van der Waals surface area contributed by atoms with Crippen molar-refractivity contribution in [2.75, 3.05) is 48.3 Å². The predicted molar refractivity (Wildman–Crippen MR) is 216 cm³/mol. The van der Waals surface area contributed by atoms with Crippen LogP contribution in [-0.2, 0) is 41.2 Å². The molecule has 318 valence electrons. The Balaban J connectivity index is 1.89. The van der Waals surface area contributed by atoms with Crippen molar-refractivity contribution in [3.05, 3.63) is 82.1 Å². The molecular formula is C38H50N4O13S3. The Labute approximate surface area is 339 Å². The minimum Gasteiger partial charge on any atom is -0.748 e. The number of fused-ring (bicyclic) bond motifs is 2. The zero-order valence-corrected chi connectivity index (χ0v) is 35.4. The van der Waals surface area contributed by atoms with Crippen LogP contribution in [-0.4, -0.2) is 116 Å². The van der Waals surface area contributed by atoms with Crippen LogP contribution in [0.1, 0.15) is 103 Å². The van der Waals surface area contributed by atoms with Crippen LogP contribution in [0.4, 0.5) is 11.4 Å². The summed E-state index contributed by atoms with van der Waals surface area (Å²) < 4.78 is 100. The number of unbranched alkanes of at least 4 members (excludes halogenated alkanes) is 2. The molecule has 0 unspecified atom stereocenters. The Morgan fingerprint density at radius 3 is 2.02 bits per heavy atom. The molecule has 0 aromatic heterocycles. The van der Waals surface area contributed by atoms with E-state index in [-0.39, 0.29) is 29.7 Å². The highest BCUT2D eigenvalue weighted by Gasteiger charge is 2.47. The van der Waals surface area contributed by atoms with Gasteiger partial charge in [0.05, 0.1) is 38.2 Å². The largest absolute Gasteiger partial charge is 0.748 e. The van der Waals surface area contributed by atoms with E-state index < -0.39 is 89.3 Å². The number of allylic oxidation sites excluding steroid dienone is 4. The first-order chi connectivity index (χ1) is 26.8. The molecule has 58 heavy (non-hydrogen) atoms. The first-order valence-electron chi connectivity index (χ1n) is 18.6. The zero-order chi connectivity index (χ0) is 43.4. The standard InChI is InChI=1S/C38H50N4O13S3/c1-6-7-8-18-42-29-24-25(34(43)39-16-21-57(50,51)52)23-27(35(44)40-17-22-58(53,54)55)33(29)38(4,5)31(42)15-10-14-30-37(2,3)32-26(36(45)46)12-9-13-28(32)41(30)19-11-20-56(47,48)49/h9-10,12-15,23-24H,6-8,11,16-22H2,1-5H3,(H5-,39,40,43,44,45,46,47,48,49,50,51,52,53,54,55). The number of carboxylic acid groups (broad SMARTS) is 1. The average Bonchev–Trinajstić information content (AvgIpc) is 3.44. The lowest BCUT2D eigenvalue weighted by atomic mass is 9.78. The molecule has 2 aliphatic rings. The summed E-state index contributed by atoms with van der Waals surface area (Å²) in [5, 5.41) is 15.0. The molecule has 0 aliphatic carbocycles. The molecule has 0 saturated heterocycles. The van der Waals surface area contributed by atoms with Crippen LogP contribution in [0.15, 0.2) is 54.3 Å². The second kappa shape index (κ2) is 17.8. The number of hydrogen-bond donors (Lipinski definition) is 5. The summed E-state index contributed by atoms with van der Waals surface area (Å²) in [6.07, 6.45) is 7.74. The van der Waals surface area contributed by atoms with E-state index >= 15 is 0 Å². The van der Waals surface area contributed by atoms with Gasteiger partial charge in [-0.15, -0.1) is 0 Å². The van der Waals surface area contributed by atoms with Crippen LogP contribution in [0, 0.1) is 0 Å². The number of amides is 2. The van der Waals surface area contributed by atoms with Gasteiger partial charge in [0.25, 0.3) is 32.1 Å². The second-order valence-electron chi connectivity index (χ2n) is 15.2. The molecule has 2 heterocycles. The predicted octanol–water partition coefficient (Wildman–Crippen LogP) is 3.36. The van der Waals surface area contributed by atoms with E-state index in [2.05, 4.69) is 10.6 Å². The Morgan fingerprint density at radius 2 is 1.45 bits per heavy atom. The second-order valence-corrected chi connectivity index (χ2v) is 19.8. The van der Waals surface area contributed by atoms with Crippen LogP contribution in [0.5, 0.6) is 0 Å². The van der Waals surface area contributed by atoms with Gasteiger partial charge >= 0.3 is 5.97 Å². The van der Waals surface area contributed by atoms with E-state index in [9.17, 15) is 53.8 Å². The number of aromatic carboxylic acids is 1. The summed E-state index contributed by atoms with van der Waals surface area (Å²) in [5.41, 5.74) is 1.60. The quantitative estimate of drug-likeness (QED) is 0.0770. The number of nitrogens with zero attached hydrogens (tertiary/aromatic N) is 2. The molecule has 5 N–H and O–H groups in total. The van der Waals surface area contributed by atoms with Crippen molar-refractivity contribution < 1.29 is 63.0 Å². The minimum absolute atomic E-state index is 0.0203. The number of carbonyl (C=O) groups is 3. The van der Waals surface area contributed by atoms with Crippen LogP contribution in [0.2, 0.25) is 0 Å². The Kier molecular flexibility index (Phi) is 14.2. The molecule has 0 saturated carbocycles. The highest BCUT2D eigenvalue weighted by molar-refractivity contribution is 7.86. The smallest absolute Gasteiger partial charge is 0.336 e. The molecular weight excluding hydrogens is 817 g/mol. The van der Waals surface area contributed by atoms with Crippen LogP contribution in [0.3, 0.4) is 0 Å². The molecule has 2 aromatic carbocycles. The lowest BCUT2D eigenvalue weighted by Crippen LogP contribution is -2.32. The summed E-state index contributed by atoms with van der Waals surface area (Å²) >= 11 is 0. The van der Waals surface area contributed by atoms with E-state index in [0.717, 1.165) is 12.8 Å². The average molecular weight is 867 g/mol. The van der Waals surface area contributed by atoms with Gasteiger partial charge in [-0.2, -0.15) is 21.4 Å². The van der Waals surface area contributed by atoms with Crippen molar-refractivity contribution in [2.45, 2.75) is 71.1 Å². The lowest BCUT2D eigenvalue weighted by molar-refractivity contribution is -0.437. The first-order valence-corrected chi connectivity index (χ1v) is 23.4. The SMILES string of the molecule is CCCCCN1/C(=C/C=C/C2=[N+](CCCS(=O)(=O)[O-])c3cccc(C(=O)O)c3C2(C)C)C(C)(C)c2c(C(=O)NCCS(=O)(=O)O)cc(C(=O)NCCS(=O)(=O)O)cc21. The van der Waals surface area contributed by atoms with E-state index in [1.54, 1.807) is 34.9 Å². The summed E-state index contributed by atoms with van der Waals surface area (Å²) in [7, 11) is -13.3. The molecule has 0 spiro atoms. The number of anilines is 1. The van der Waals surface area contributed by atoms with E-state index in [4.69, 9.17) is 4.55 Å². The number of nitrogens with one attached hydrogen (secondary N) is 2. The van der Waals surface area contributed by atoms with Gasteiger partial charge in [-0.25, -0.2) is 13.2 Å². The molecule has 0 bridgehead atoms. The highest BCUT2D eigenvalue weighted by Crippen LogP contribution is 2.50. The Morgan fingerprint density at radius 1 is 0.828 bits per heavy atom.